The highest BCUT2D eigenvalue weighted by molar-refractivity contribution is 4.69. The van der Waals surface area contributed by atoms with Crippen molar-refractivity contribution < 1.29 is 9.47 Å². The molecule has 0 aromatic heterocycles. The molecule has 1 aliphatic carbocycles. The van der Waals surface area contributed by atoms with Gasteiger partial charge in [-0.25, -0.2) is 0 Å². The molecule has 1 saturated carbocycles. The monoisotopic (exact) mass is 255 g/mol. The van der Waals surface area contributed by atoms with E-state index < -0.39 is 0 Å². The quantitative estimate of drug-likeness (QED) is 0.759. The average Bonchev–Trinajstić information content (AvgIpc) is 2.91. The molecule has 1 N–H and O–H groups in total. The van der Waals surface area contributed by atoms with Gasteiger partial charge < -0.3 is 14.8 Å². The van der Waals surface area contributed by atoms with Crippen LogP contribution in [0.5, 0.6) is 0 Å². The summed E-state index contributed by atoms with van der Waals surface area (Å²) in [5.74, 6) is 0.819. The largest absolute Gasteiger partial charge is 0.377 e. The maximum absolute atomic E-state index is 5.94. The van der Waals surface area contributed by atoms with Crippen molar-refractivity contribution in [3.05, 3.63) is 0 Å². The van der Waals surface area contributed by atoms with Crippen molar-refractivity contribution in [2.45, 2.75) is 64.1 Å². The number of rotatable bonds is 7. The molecular formula is C15H29NO2. The molecule has 1 saturated heterocycles. The van der Waals surface area contributed by atoms with Gasteiger partial charge in [0.15, 0.2) is 0 Å². The predicted molar refractivity (Wildman–Crippen MR) is 73.8 cm³/mol. The van der Waals surface area contributed by atoms with Crippen LogP contribution in [0.2, 0.25) is 0 Å². The molecule has 2 atom stereocenters. The van der Waals surface area contributed by atoms with Crippen LogP contribution in [0.25, 0.3) is 0 Å². The van der Waals surface area contributed by atoms with E-state index in [1.807, 2.05) is 0 Å². The van der Waals surface area contributed by atoms with Crippen LogP contribution < -0.4 is 5.32 Å². The topological polar surface area (TPSA) is 30.5 Å². The van der Waals surface area contributed by atoms with Gasteiger partial charge in [0.1, 0.15) is 0 Å². The Labute approximate surface area is 112 Å². The summed E-state index contributed by atoms with van der Waals surface area (Å²) in [6.07, 6.45) is 10.2. The van der Waals surface area contributed by atoms with Gasteiger partial charge >= 0.3 is 0 Å². The summed E-state index contributed by atoms with van der Waals surface area (Å²) in [7, 11) is 0. The highest BCUT2D eigenvalue weighted by Crippen LogP contribution is 2.23. The molecule has 3 nitrogen and oxygen atoms in total. The minimum atomic E-state index is 0.327. The number of hydrogen-bond acceptors (Lipinski definition) is 3. The maximum Gasteiger partial charge on any atom is 0.0700 e. The van der Waals surface area contributed by atoms with Crippen LogP contribution in [0.15, 0.2) is 0 Å². The minimum absolute atomic E-state index is 0.327. The Morgan fingerprint density at radius 1 is 1.17 bits per heavy atom. The second-order valence-electron chi connectivity index (χ2n) is 5.94. The van der Waals surface area contributed by atoms with Crippen LogP contribution in [0.3, 0.4) is 0 Å². The Kier molecular flexibility index (Phi) is 6.46. The molecule has 0 radical (unpaired) electrons. The molecular weight excluding hydrogens is 226 g/mol. The van der Waals surface area contributed by atoms with Crippen LogP contribution in [0.4, 0.5) is 0 Å². The zero-order valence-corrected chi connectivity index (χ0v) is 11.8. The summed E-state index contributed by atoms with van der Waals surface area (Å²) in [5, 5.41) is 3.46. The smallest absolute Gasteiger partial charge is 0.0700 e. The number of hydrogen-bond donors (Lipinski definition) is 1. The highest BCUT2D eigenvalue weighted by atomic mass is 16.5. The maximum atomic E-state index is 5.94. The zero-order valence-electron chi connectivity index (χ0n) is 11.8. The van der Waals surface area contributed by atoms with Crippen molar-refractivity contribution in [2.24, 2.45) is 5.92 Å². The van der Waals surface area contributed by atoms with E-state index >= 15 is 0 Å². The van der Waals surface area contributed by atoms with E-state index in [1.165, 1.54) is 44.9 Å². The lowest BCUT2D eigenvalue weighted by Crippen LogP contribution is -2.33. The Morgan fingerprint density at radius 3 is 2.72 bits per heavy atom. The Balaban J connectivity index is 1.47. The van der Waals surface area contributed by atoms with Crippen LogP contribution >= 0.6 is 0 Å². The van der Waals surface area contributed by atoms with E-state index in [4.69, 9.17) is 9.47 Å². The predicted octanol–water partition coefficient (Wildman–Crippen LogP) is 2.74. The Bertz CT molecular complexity index is 211. The van der Waals surface area contributed by atoms with E-state index in [2.05, 4.69) is 12.2 Å². The molecule has 3 heteroatoms. The van der Waals surface area contributed by atoms with Gasteiger partial charge in [0.05, 0.1) is 12.2 Å². The lowest BCUT2D eigenvalue weighted by Gasteiger charge is -2.23. The van der Waals surface area contributed by atoms with Crippen LogP contribution in [-0.4, -0.2) is 38.5 Å². The van der Waals surface area contributed by atoms with Crippen LogP contribution in [0.1, 0.15) is 51.9 Å². The fourth-order valence-electron chi connectivity index (χ4n) is 2.97. The molecule has 2 unspecified atom stereocenters. The van der Waals surface area contributed by atoms with Crippen molar-refractivity contribution >= 4 is 0 Å². The fourth-order valence-corrected chi connectivity index (χ4v) is 2.97. The second-order valence-corrected chi connectivity index (χ2v) is 5.94. The highest BCUT2D eigenvalue weighted by Gasteiger charge is 2.16. The fraction of sp³-hybridized carbons (Fsp3) is 1.00. The van der Waals surface area contributed by atoms with Gasteiger partial charge in [-0.2, -0.15) is 0 Å². The van der Waals surface area contributed by atoms with Gasteiger partial charge in [0, 0.05) is 26.3 Å². The van der Waals surface area contributed by atoms with E-state index in [9.17, 15) is 0 Å². The molecule has 0 amide bonds. The molecule has 0 spiro atoms. The summed E-state index contributed by atoms with van der Waals surface area (Å²) in [6.45, 7) is 6.01. The van der Waals surface area contributed by atoms with Crippen LogP contribution in [-0.2, 0) is 9.47 Å². The lowest BCUT2D eigenvalue weighted by molar-refractivity contribution is 0.0288. The average molecular weight is 255 g/mol. The van der Waals surface area contributed by atoms with E-state index in [1.54, 1.807) is 0 Å². The molecule has 1 heterocycles. The molecule has 0 bridgehead atoms. The summed E-state index contributed by atoms with van der Waals surface area (Å²) in [5.41, 5.74) is 0. The third-order valence-corrected chi connectivity index (χ3v) is 4.17. The summed E-state index contributed by atoms with van der Waals surface area (Å²) in [4.78, 5) is 0. The molecule has 1 aliphatic heterocycles. The lowest BCUT2D eigenvalue weighted by atomic mass is 9.90. The van der Waals surface area contributed by atoms with Crippen molar-refractivity contribution in [1.29, 1.82) is 0 Å². The molecule has 2 fully saturated rings. The zero-order chi connectivity index (χ0) is 12.6. The molecule has 0 aromatic rings. The first-order valence-corrected chi connectivity index (χ1v) is 7.78. The van der Waals surface area contributed by atoms with Crippen molar-refractivity contribution in [2.75, 3.05) is 26.3 Å². The molecule has 106 valence electrons. The van der Waals surface area contributed by atoms with Gasteiger partial charge in [0.25, 0.3) is 0 Å². The Hall–Kier alpha value is -0.120. The first-order chi connectivity index (χ1) is 8.84. The standard InChI is InChI=1S/C15H29NO2/c1-13(10-16-11-15-8-5-9-17-15)18-12-14-6-3-2-4-7-14/h13-16H,2-12H2,1H3. The first kappa shape index (κ1) is 14.3. The third-order valence-electron chi connectivity index (χ3n) is 4.17. The SMILES string of the molecule is CC(CNCC1CCCO1)OCC1CCCCC1. The normalized spacial score (nSPS) is 27.5. The van der Waals surface area contributed by atoms with E-state index in [0.717, 1.165) is 32.2 Å². The van der Waals surface area contributed by atoms with Gasteiger partial charge in [-0.15, -0.1) is 0 Å². The Morgan fingerprint density at radius 2 is 2.00 bits per heavy atom. The van der Waals surface area contributed by atoms with E-state index in [-0.39, 0.29) is 0 Å². The molecule has 18 heavy (non-hydrogen) atoms. The van der Waals surface area contributed by atoms with E-state index in [0.29, 0.717) is 12.2 Å². The minimum Gasteiger partial charge on any atom is -0.377 e. The summed E-state index contributed by atoms with van der Waals surface area (Å²) >= 11 is 0. The number of nitrogens with one attached hydrogen (secondary N) is 1. The van der Waals surface area contributed by atoms with Crippen molar-refractivity contribution in [3.8, 4) is 0 Å². The number of ether oxygens (including phenoxy) is 2. The summed E-state index contributed by atoms with van der Waals surface area (Å²) < 4.78 is 11.5. The summed E-state index contributed by atoms with van der Waals surface area (Å²) in [6, 6.07) is 0. The van der Waals surface area contributed by atoms with Crippen LogP contribution in [0, 0.1) is 5.92 Å². The molecule has 0 aromatic carbocycles. The van der Waals surface area contributed by atoms with Crippen molar-refractivity contribution in [3.63, 3.8) is 0 Å². The van der Waals surface area contributed by atoms with Gasteiger partial charge in [-0.05, 0) is 38.5 Å². The first-order valence-electron chi connectivity index (χ1n) is 7.78. The van der Waals surface area contributed by atoms with Gasteiger partial charge in [-0.3, -0.25) is 0 Å². The molecule has 2 aliphatic rings. The van der Waals surface area contributed by atoms with Gasteiger partial charge in [0.2, 0.25) is 0 Å². The molecule has 2 rings (SSSR count). The van der Waals surface area contributed by atoms with Gasteiger partial charge in [-0.1, -0.05) is 19.3 Å². The second kappa shape index (κ2) is 8.13. The van der Waals surface area contributed by atoms with Crippen molar-refractivity contribution in [1.82, 2.24) is 5.32 Å². The third kappa shape index (κ3) is 5.25.